The summed E-state index contributed by atoms with van der Waals surface area (Å²) in [6.07, 6.45) is -18.9. The molecule has 149 heavy (non-hydrogen) atoms. The lowest BCUT2D eigenvalue weighted by atomic mass is 9.96. The number of rotatable bonds is 53. The van der Waals surface area contributed by atoms with Crippen LogP contribution in [0.3, 0.4) is 0 Å². The quantitative estimate of drug-likeness (QED) is 0.0160. The summed E-state index contributed by atoms with van der Waals surface area (Å²) in [5.41, 5.74) is 5.31. The topological polar surface area (TPSA) is 290 Å². The van der Waals surface area contributed by atoms with Crippen molar-refractivity contribution in [3.05, 3.63) is 420 Å². The Balaban J connectivity index is 0.828. The number of carbonyl (C=O) groups excluding carboxylic acids is 5. The van der Waals surface area contributed by atoms with E-state index in [9.17, 15) is 14.7 Å². The molecule has 1 N–H and O–H groups in total. The first-order valence-corrected chi connectivity index (χ1v) is 53.5. The van der Waals surface area contributed by atoms with E-state index in [0.29, 0.717) is 18.4 Å². The van der Waals surface area contributed by atoms with Crippen molar-refractivity contribution < 1.29 is 124 Å². The van der Waals surface area contributed by atoms with Crippen LogP contribution in [-0.4, -0.2) is 200 Å². The second-order valence-electron chi connectivity index (χ2n) is 38.5. The predicted molar refractivity (Wildman–Crippen MR) is 559 cm³/mol. The van der Waals surface area contributed by atoms with Crippen LogP contribution in [0.4, 0.5) is 0 Å². The lowest BCUT2D eigenvalue weighted by Crippen LogP contribution is -2.68. The van der Waals surface area contributed by atoms with E-state index in [2.05, 4.69) is 45.0 Å². The molecule has 4 fully saturated rings. The molecule has 4 heterocycles. The molecule has 12 aromatic carbocycles. The molecule has 0 spiro atoms. The van der Waals surface area contributed by atoms with Gasteiger partial charge in [0.05, 0.1) is 88.8 Å². The minimum atomic E-state index is -3.43. The van der Waals surface area contributed by atoms with Gasteiger partial charge in [-0.05, 0) is 110 Å². The van der Waals surface area contributed by atoms with E-state index in [4.69, 9.17) is 94.4 Å². The number of aliphatic hydroxyl groups is 1. The van der Waals surface area contributed by atoms with Crippen LogP contribution in [0.15, 0.2) is 364 Å². The largest absolute Gasteiger partial charge is 0.469 e. The van der Waals surface area contributed by atoms with Crippen LogP contribution in [0.25, 0.3) is 0 Å². The Hall–Kier alpha value is -12.4. The van der Waals surface area contributed by atoms with Crippen LogP contribution in [0.5, 0.6) is 0 Å². The molecule has 26 nitrogen and oxygen atoms in total. The highest BCUT2D eigenvalue weighted by molar-refractivity contribution is 6.99. The molecule has 0 radical (unpaired) electrons. The average molecular weight is 2040 g/mol. The molecule has 27 heteroatoms. The third kappa shape index (κ3) is 30.7. The first kappa shape index (κ1) is 109. The van der Waals surface area contributed by atoms with Crippen molar-refractivity contribution in [2.24, 2.45) is 0 Å². The van der Waals surface area contributed by atoms with E-state index in [0.717, 1.165) is 89.6 Å². The number of methoxy groups -OCH3 is 1. The van der Waals surface area contributed by atoms with E-state index in [1.807, 2.05) is 218 Å². The van der Waals surface area contributed by atoms with Gasteiger partial charge in [-0.1, -0.05) is 381 Å². The maximum atomic E-state index is 15.3. The summed E-state index contributed by atoms with van der Waals surface area (Å²) < 4.78 is 142. The first-order chi connectivity index (χ1) is 73.0. The maximum absolute atomic E-state index is 15.3. The van der Waals surface area contributed by atoms with Crippen LogP contribution in [0, 0.1) is 0 Å². The van der Waals surface area contributed by atoms with Crippen molar-refractivity contribution in [2.75, 3.05) is 40.1 Å². The van der Waals surface area contributed by atoms with Gasteiger partial charge in [-0.25, -0.2) is 19.2 Å². The number of benzene rings is 12. The SMILES string of the molecule is COC(=O)CCCCCCCCCCCO[C@@H]1O[C@H](CO[C@@H]2O[C@H](CO[C@@H]3O[C@H](CO[Si](c4ccccc4)(c4ccccc4)C(C)(C)C)[C@H](OCc4ccccc4)[C@H](OCc4ccccc4)[C@H]3O)[C@H](OCc3ccccc3)[C@H](OCc3ccccc3)[C@H]2O[C@@H]2O[C@@H](COC(=O)c3ccccc3)[C@H](OC(=O)c3ccccc3)[C@H]2OC(=O)c2ccccc2)[C@H](OCc2ccccc2)[C@H](OCc2ccccc2)[C@H]1OC(=O)c1ccccc1. The highest BCUT2D eigenvalue weighted by Gasteiger charge is 2.60. The van der Waals surface area contributed by atoms with Crippen LogP contribution in [0.2, 0.25) is 5.04 Å². The van der Waals surface area contributed by atoms with E-state index in [1.165, 1.54) is 7.11 Å². The van der Waals surface area contributed by atoms with Crippen molar-refractivity contribution in [2.45, 2.75) is 246 Å². The molecule has 0 bridgehead atoms. The molecule has 782 valence electrons. The number of esters is 5. The average Bonchev–Trinajstić information content (AvgIpc) is 0.915. The van der Waals surface area contributed by atoms with Gasteiger partial charge in [0, 0.05) is 13.0 Å². The number of unbranched alkanes of at least 4 members (excludes halogenated alkanes) is 8. The number of ether oxygens (including phenoxy) is 19. The number of hydrogen-bond donors (Lipinski definition) is 1. The standard InChI is InChI=1S/C122H134O26Si/c1-122(2,3)149(96-70-44-22-45-71-96,97-72-46-23-47-73-97)140-85-101-104(131-76-86-50-24-12-25-51-86)108(134-79-89-56-30-15-31-57-89)103(124)118(141-101)138-83-98-106(133-78-88-54-28-14-29-55-88)110(136-81-91-60-34-17-35-61-91)113(148-121-111(146-116(127)94-66-40-20-41-67-94)107(145-115(126)93-64-38-19-39-65-93)100(144-121)82-137-114(125)92-62-36-18-37-63-92)120(143-98)139-84-99-105(132-77-87-52-26-13-27-53-87)109(135-80-90-58-32-16-33-59-90)112(147-117(128)95-68-42-21-43-69-95)119(142-99)130-75-49-11-9-7-5-6-8-10-48-74-102(123)129-4/h12-47,50-73,98-101,103-113,118-121,124H,5-11,48-49,74-85H2,1-4H3/t98-,99-,100+,101-,103-,104+,105+,106+,107+,108-,109+,110+,111-,112-,113-,118-,119-,120-,121+/m1/s1. The minimum Gasteiger partial charge on any atom is -0.469 e. The Kier molecular flexibility index (Phi) is 41.4. The summed E-state index contributed by atoms with van der Waals surface area (Å²) in [6, 6.07) is 111. The van der Waals surface area contributed by atoms with Gasteiger partial charge in [0.1, 0.15) is 79.9 Å². The van der Waals surface area contributed by atoms with Gasteiger partial charge in [-0.3, -0.25) is 4.79 Å². The number of hydrogen-bond acceptors (Lipinski definition) is 26. The summed E-state index contributed by atoms with van der Waals surface area (Å²) in [6.45, 7) is 4.84. The third-order valence-corrected chi connectivity index (χ3v) is 32.0. The number of aliphatic hydroxyl groups excluding tert-OH is 1. The summed E-state index contributed by atoms with van der Waals surface area (Å²) in [7, 11) is -2.02. The van der Waals surface area contributed by atoms with Crippen molar-refractivity contribution in [3.63, 3.8) is 0 Å². The Morgan fingerprint density at radius 1 is 0.275 bits per heavy atom. The highest BCUT2D eigenvalue weighted by atomic mass is 28.4. The van der Waals surface area contributed by atoms with Crippen molar-refractivity contribution >= 4 is 48.5 Å². The monoisotopic (exact) mass is 2040 g/mol. The van der Waals surface area contributed by atoms with E-state index < -0.39 is 174 Å². The Bertz CT molecular complexity index is 5910. The summed E-state index contributed by atoms with van der Waals surface area (Å²) in [4.78, 5) is 71.6. The molecule has 4 aliphatic heterocycles. The smallest absolute Gasteiger partial charge is 0.338 e. The normalized spacial score (nSPS) is 23.3. The molecule has 0 aromatic heterocycles. The summed E-state index contributed by atoms with van der Waals surface area (Å²) in [5, 5.41) is 15.2. The molecule has 16 rings (SSSR count). The lowest BCUT2D eigenvalue weighted by molar-refractivity contribution is -0.369. The van der Waals surface area contributed by atoms with Gasteiger partial charge in [0.25, 0.3) is 8.32 Å². The zero-order chi connectivity index (χ0) is 103. The molecule has 4 aliphatic rings. The Labute approximate surface area is 873 Å². The van der Waals surface area contributed by atoms with Crippen molar-refractivity contribution in [1.29, 1.82) is 0 Å². The minimum absolute atomic E-state index is 0.0173. The molecular formula is C122H134O26Si. The van der Waals surface area contributed by atoms with Gasteiger partial charge in [-0.15, -0.1) is 0 Å². The molecule has 12 aromatic rings. The van der Waals surface area contributed by atoms with Crippen LogP contribution in [0.1, 0.15) is 160 Å². The highest BCUT2D eigenvalue weighted by Crippen LogP contribution is 2.43. The van der Waals surface area contributed by atoms with E-state index >= 15 is 14.4 Å². The number of carbonyl (C=O) groups is 5. The molecule has 0 amide bonds. The van der Waals surface area contributed by atoms with Crippen LogP contribution in [-0.2, 0) is 139 Å². The summed E-state index contributed by atoms with van der Waals surface area (Å²) >= 11 is 0. The van der Waals surface area contributed by atoms with Crippen LogP contribution >= 0.6 is 0 Å². The fourth-order valence-corrected chi connectivity index (χ4v) is 23.8. The van der Waals surface area contributed by atoms with Crippen molar-refractivity contribution in [1.82, 2.24) is 0 Å². The molecule has 4 saturated heterocycles. The molecule has 0 aliphatic carbocycles. The van der Waals surface area contributed by atoms with Gasteiger partial charge >= 0.3 is 29.8 Å². The predicted octanol–water partition coefficient (Wildman–Crippen LogP) is 19.4. The molecular weight excluding hydrogens is 1910 g/mol. The van der Waals surface area contributed by atoms with Crippen LogP contribution < -0.4 is 10.4 Å². The fourth-order valence-electron chi connectivity index (χ4n) is 19.2. The third-order valence-electron chi connectivity index (χ3n) is 27.0. The first-order valence-electron chi connectivity index (χ1n) is 51.6. The second kappa shape index (κ2) is 56.4. The van der Waals surface area contributed by atoms with Crippen molar-refractivity contribution in [3.8, 4) is 0 Å². The van der Waals surface area contributed by atoms with Gasteiger partial charge < -0.3 is 99.5 Å². The molecule has 0 saturated carbocycles. The fraction of sp³-hybridized carbons (Fsp3) is 0.369. The van der Waals surface area contributed by atoms with E-state index in [1.54, 1.807) is 121 Å². The molecule has 0 unspecified atom stereocenters. The van der Waals surface area contributed by atoms with E-state index in [-0.39, 0.29) is 81.1 Å². The van der Waals surface area contributed by atoms with Gasteiger partial charge in [-0.2, -0.15) is 0 Å². The maximum Gasteiger partial charge on any atom is 0.338 e. The Morgan fingerprint density at radius 2 is 0.557 bits per heavy atom. The van der Waals surface area contributed by atoms with Gasteiger partial charge in [0.2, 0.25) is 0 Å². The van der Waals surface area contributed by atoms with Gasteiger partial charge in [0.15, 0.2) is 43.5 Å². The molecule has 19 atom stereocenters. The lowest BCUT2D eigenvalue weighted by Gasteiger charge is -2.49. The second-order valence-corrected chi connectivity index (χ2v) is 42.8. The zero-order valence-electron chi connectivity index (χ0n) is 84.6. The zero-order valence-corrected chi connectivity index (χ0v) is 85.6. The Morgan fingerprint density at radius 3 is 0.940 bits per heavy atom. The summed E-state index contributed by atoms with van der Waals surface area (Å²) in [5.74, 6) is -3.39.